The highest BCUT2D eigenvalue weighted by molar-refractivity contribution is 6.04. The number of nitrogens with zero attached hydrogens (tertiary/aromatic N) is 4. The van der Waals surface area contributed by atoms with Gasteiger partial charge in [0, 0.05) is 39.5 Å². The standard InChI is InChI=1S/C56H44N4/c1-6-19-38(8-3)40-23-17-25-42(33-40)45-35-50(43-26-18-24-41(34-43)39-21-11-10-12-22-39)58-54(36-45)60-52(20-7-2)46(9-4)47-32-31-44-37-59(53-30-16-14-28-49(53)57-5)51-29-15-13-27-48(51)55(44)56(47)60/h6-36H,1-3,5,37H2,4H3/b38-19+,46-9-,52-20+. The Morgan fingerprint density at radius 3 is 2.15 bits per heavy atom. The number of fused-ring (bicyclic) bond motifs is 5. The zero-order chi connectivity index (χ0) is 41.2. The Balaban J connectivity index is 1.35. The first kappa shape index (κ1) is 37.7. The highest BCUT2D eigenvalue weighted by Gasteiger charge is 2.28. The van der Waals surface area contributed by atoms with Gasteiger partial charge in [0.1, 0.15) is 5.82 Å². The average Bonchev–Trinajstić information content (AvgIpc) is 3.63. The lowest BCUT2D eigenvalue weighted by atomic mass is 9.90. The van der Waals surface area contributed by atoms with Crippen LogP contribution in [0.3, 0.4) is 0 Å². The van der Waals surface area contributed by atoms with E-state index in [1.54, 1.807) is 6.08 Å². The molecule has 4 nitrogen and oxygen atoms in total. The normalized spacial score (nSPS) is 12.9. The van der Waals surface area contributed by atoms with Crippen LogP contribution < -0.4 is 15.5 Å². The lowest BCUT2D eigenvalue weighted by molar-refractivity contribution is 0.956. The van der Waals surface area contributed by atoms with E-state index in [1.165, 1.54) is 11.1 Å². The van der Waals surface area contributed by atoms with Gasteiger partial charge in [0.05, 0.1) is 27.9 Å². The van der Waals surface area contributed by atoms with Gasteiger partial charge < -0.3 is 4.90 Å². The van der Waals surface area contributed by atoms with Gasteiger partial charge in [-0.3, -0.25) is 9.56 Å². The predicted molar refractivity (Wildman–Crippen MR) is 257 cm³/mol. The first-order chi connectivity index (χ1) is 29.5. The minimum absolute atomic E-state index is 0.660. The van der Waals surface area contributed by atoms with Crippen LogP contribution in [0.15, 0.2) is 201 Å². The lowest BCUT2D eigenvalue weighted by Crippen LogP contribution is -2.28. The number of allylic oxidation sites excluding steroid dienone is 5. The van der Waals surface area contributed by atoms with E-state index in [0.717, 1.165) is 94.6 Å². The molecule has 0 amide bonds. The first-order valence-corrected chi connectivity index (χ1v) is 20.2. The minimum atomic E-state index is 0.660. The third-order valence-corrected chi connectivity index (χ3v) is 11.3. The van der Waals surface area contributed by atoms with E-state index in [4.69, 9.17) is 4.98 Å². The van der Waals surface area contributed by atoms with Crippen molar-refractivity contribution in [2.45, 2.75) is 13.5 Å². The quantitative estimate of drug-likeness (QED) is 0.102. The number of rotatable bonds is 10. The van der Waals surface area contributed by atoms with Gasteiger partial charge in [0.15, 0.2) is 0 Å². The Morgan fingerprint density at radius 2 is 1.38 bits per heavy atom. The van der Waals surface area contributed by atoms with Crippen LogP contribution in [0, 0.1) is 0 Å². The smallest absolute Gasteiger partial charge is 0.138 e. The summed E-state index contributed by atoms with van der Waals surface area (Å²) in [7, 11) is 0. The van der Waals surface area contributed by atoms with Gasteiger partial charge in [-0.05, 0) is 101 Å². The molecule has 0 atom stereocenters. The zero-order valence-corrected chi connectivity index (χ0v) is 33.7. The van der Waals surface area contributed by atoms with Gasteiger partial charge >= 0.3 is 0 Å². The summed E-state index contributed by atoms with van der Waals surface area (Å²) in [6.07, 6.45) is 11.9. The molecule has 0 N–H and O–H groups in total. The van der Waals surface area contributed by atoms with Gasteiger partial charge in [0.25, 0.3) is 0 Å². The molecular formula is C56H44N4. The number of aromatic nitrogens is 2. The maximum Gasteiger partial charge on any atom is 0.138 e. The summed E-state index contributed by atoms with van der Waals surface area (Å²) in [6.45, 7) is 18.9. The van der Waals surface area contributed by atoms with E-state index < -0.39 is 0 Å². The fourth-order valence-corrected chi connectivity index (χ4v) is 8.65. The van der Waals surface area contributed by atoms with Crippen molar-refractivity contribution in [1.29, 1.82) is 0 Å². The molecule has 9 rings (SSSR count). The van der Waals surface area contributed by atoms with Crippen LogP contribution in [0.2, 0.25) is 0 Å². The highest BCUT2D eigenvalue weighted by atomic mass is 15.2. The summed E-state index contributed by atoms with van der Waals surface area (Å²) in [5, 5.41) is 3.29. The van der Waals surface area contributed by atoms with Crippen molar-refractivity contribution in [3.8, 4) is 50.5 Å². The molecule has 1 aliphatic heterocycles. The zero-order valence-electron chi connectivity index (χ0n) is 33.7. The maximum atomic E-state index is 5.59. The molecule has 0 aliphatic carbocycles. The molecule has 0 fully saturated rings. The van der Waals surface area contributed by atoms with Crippen LogP contribution in [-0.2, 0) is 6.54 Å². The molecule has 4 heteroatoms. The van der Waals surface area contributed by atoms with Crippen LogP contribution in [0.4, 0.5) is 17.1 Å². The molecule has 0 spiro atoms. The van der Waals surface area contributed by atoms with Crippen LogP contribution in [0.1, 0.15) is 18.1 Å². The fourth-order valence-electron chi connectivity index (χ4n) is 8.65. The van der Waals surface area contributed by atoms with Gasteiger partial charge in [-0.1, -0.05) is 159 Å². The number of anilines is 2. The second kappa shape index (κ2) is 16.2. The lowest BCUT2D eigenvalue weighted by Gasteiger charge is -2.34. The Kier molecular flexibility index (Phi) is 10.2. The number of pyridine rings is 1. The molecule has 0 unspecified atom stereocenters. The van der Waals surface area contributed by atoms with Crippen molar-refractivity contribution < 1.29 is 0 Å². The van der Waals surface area contributed by atoms with Crippen LogP contribution in [0.5, 0.6) is 0 Å². The van der Waals surface area contributed by atoms with Gasteiger partial charge in [-0.25, -0.2) is 4.98 Å². The SMILES string of the molecule is C=C/C=C(\C=C)c1cccc(-c2cc(-c3cccc(-c4ccccc4)c3)nc(-n3c(=C/C=C)/c(=C\C)c4ccc5c(c43)-c3ccccc3N(c3ccccc3N=C)C5)c2)c1. The van der Waals surface area contributed by atoms with Crippen molar-refractivity contribution in [2.75, 3.05) is 4.90 Å². The molecule has 0 radical (unpaired) electrons. The number of hydrogen-bond acceptors (Lipinski definition) is 3. The first-order valence-electron chi connectivity index (χ1n) is 20.2. The minimum Gasteiger partial charge on any atom is -0.335 e. The second-order valence-corrected chi connectivity index (χ2v) is 14.8. The molecule has 8 aromatic rings. The van der Waals surface area contributed by atoms with Crippen molar-refractivity contribution >= 4 is 52.4 Å². The van der Waals surface area contributed by atoms with Crippen molar-refractivity contribution in [2.24, 2.45) is 4.99 Å². The summed E-state index contributed by atoms with van der Waals surface area (Å²) in [4.78, 5) is 12.4. The summed E-state index contributed by atoms with van der Waals surface area (Å²) in [5.41, 5.74) is 16.0. The summed E-state index contributed by atoms with van der Waals surface area (Å²) in [6, 6.07) is 53.6. The molecule has 2 aromatic heterocycles. The maximum absolute atomic E-state index is 5.59. The average molecular weight is 773 g/mol. The third-order valence-electron chi connectivity index (χ3n) is 11.3. The number of aliphatic imine (C=N–C) groups is 1. The van der Waals surface area contributed by atoms with Gasteiger partial charge in [-0.15, -0.1) is 0 Å². The number of hydrogen-bond donors (Lipinski definition) is 0. The summed E-state index contributed by atoms with van der Waals surface area (Å²) < 4.78 is 2.35. The molecule has 6 aromatic carbocycles. The Morgan fingerprint density at radius 1 is 0.667 bits per heavy atom. The van der Waals surface area contributed by atoms with Crippen LogP contribution in [0.25, 0.3) is 79.1 Å². The Bertz CT molecular complexity index is 3160. The fraction of sp³-hybridized carbons (Fsp3) is 0.0357. The Hall–Kier alpha value is -7.82. The van der Waals surface area contributed by atoms with Crippen LogP contribution >= 0.6 is 0 Å². The van der Waals surface area contributed by atoms with E-state index in [2.05, 4.69) is 193 Å². The van der Waals surface area contributed by atoms with Gasteiger partial charge in [0.2, 0.25) is 0 Å². The molecule has 60 heavy (non-hydrogen) atoms. The molecule has 0 saturated carbocycles. The predicted octanol–water partition coefficient (Wildman–Crippen LogP) is 13.2. The number of benzene rings is 6. The van der Waals surface area contributed by atoms with Crippen molar-refractivity contribution in [1.82, 2.24) is 9.55 Å². The molecule has 1 aliphatic rings. The Labute approximate surface area is 351 Å². The van der Waals surface area contributed by atoms with E-state index >= 15 is 0 Å². The molecule has 288 valence electrons. The molecule has 0 bridgehead atoms. The monoisotopic (exact) mass is 772 g/mol. The largest absolute Gasteiger partial charge is 0.335 e. The van der Waals surface area contributed by atoms with E-state index in [0.29, 0.717) is 6.54 Å². The van der Waals surface area contributed by atoms with Crippen molar-refractivity contribution in [3.05, 3.63) is 217 Å². The third kappa shape index (κ3) is 6.64. The van der Waals surface area contributed by atoms with E-state index in [-0.39, 0.29) is 0 Å². The molecule has 3 heterocycles. The summed E-state index contributed by atoms with van der Waals surface area (Å²) >= 11 is 0. The highest BCUT2D eigenvalue weighted by Crippen LogP contribution is 2.47. The molecular weight excluding hydrogens is 729 g/mol. The topological polar surface area (TPSA) is 33.4 Å². The van der Waals surface area contributed by atoms with Crippen molar-refractivity contribution in [3.63, 3.8) is 0 Å². The summed E-state index contributed by atoms with van der Waals surface area (Å²) in [5.74, 6) is 0.810. The van der Waals surface area contributed by atoms with Gasteiger partial charge in [-0.2, -0.15) is 0 Å². The van der Waals surface area contributed by atoms with E-state index in [9.17, 15) is 0 Å². The second-order valence-electron chi connectivity index (χ2n) is 14.8. The molecule has 0 saturated heterocycles. The van der Waals surface area contributed by atoms with Crippen LogP contribution in [-0.4, -0.2) is 16.3 Å². The number of para-hydroxylation sites is 3. The van der Waals surface area contributed by atoms with E-state index in [1.807, 2.05) is 36.4 Å².